The Labute approximate surface area is 205 Å². The van der Waals surface area contributed by atoms with Gasteiger partial charge in [0.05, 0.1) is 31.0 Å². The Balaban J connectivity index is 1.57. The van der Waals surface area contributed by atoms with Crippen LogP contribution in [-0.2, 0) is 19.1 Å². The molecule has 0 bridgehead atoms. The van der Waals surface area contributed by atoms with E-state index in [1.165, 1.54) is 13.3 Å². The number of aryl methyl sites for hydroxylation is 1. The maximum Gasteiger partial charge on any atom is 0.329 e. The Morgan fingerprint density at radius 3 is 2.53 bits per heavy atom. The van der Waals surface area contributed by atoms with Crippen molar-refractivity contribution in [3.63, 3.8) is 0 Å². The molecule has 0 aliphatic carbocycles. The number of morpholine rings is 1. The van der Waals surface area contributed by atoms with Gasteiger partial charge in [-0.2, -0.15) is 5.10 Å². The number of anilines is 1. The second kappa shape index (κ2) is 12.1. The zero-order valence-corrected chi connectivity index (χ0v) is 20.4. The van der Waals surface area contributed by atoms with Gasteiger partial charge in [-0.3, -0.25) is 14.4 Å². The van der Waals surface area contributed by atoms with Crippen LogP contribution in [-0.4, -0.2) is 68.9 Å². The lowest BCUT2D eigenvalue weighted by Gasteiger charge is -2.26. The van der Waals surface area contributed by atoms with Crippen molar-refractivity contribution in [3.05, 3.63) is 52.0 Å². The van der Waals surface area contributed by atoms with E-state index in [1.807, 2.05) is 19.1 Å². The van der Waals surface area contributed by atoms with Crippen molar-refractivity contribution in [2.24, 2.45) is 5.10 Å². The van der Waals surface area contributed by atoms with Gasteiger partial charge in [0.15, 0.2) is 18.1 Å². The minimum atomic E-state index is -0.913. The van der Waals surface area contributed by atoms with Crippen molar-refractivity contribution in [3.8, 4) is 11.5 Å². The summed E-state index contributed by atoms with van der Waals surface area (Å²) in [4.78, 5) is 38.0. The molecular weight excluding hydrogens is 508 g/mol. The molecule has 0 unspecified atom stereocenters. The molecular formula is C23H25BrN4O6. The van der Waals surface area contributed by atoms with Gasteiger partial charge in [0.1, 0.15) is 0 Å². The van der Waals surface area contributed by atoms with Gasteiger partial charge in [0.25, 0.3) is 5.91 Å². The molecule has 1 aliphatic rings. The highest BCUT2D eigenvalue weighted by molar-refractivity contribution is 9.10. The Hall–Kier alpha value is -3.44. The van der Waals surface area contributed by atoms with E-state index in [0.717, 1.165) is 5.56 Å². The summed E-state index contributed by atoms with van der Waals surface area (Å²) in [6.45, 7) is 3.86. The summed E-state index contributed by atoms with van der Waals surface area (Å²) >= 11 is 3.41. The number of hydrogen-bond acceptors (Lipinski definition) is 7. The van der Waals surface area contributed by atoms with E-state index in [4.69, 9.17) is 14.2 Å². The SMILES string of the molecule is COc1cc(/C=N\NC(=O)C(=O)Nc2ccc(C)cc2)cc(Br)c1OCC(=O)N1CCOCC1. The molecule has 2 aromatic rings. The van der Waals surface area contributed by atoms with Gasteiger partial charge in [-0.25, -0.2) is 5.43 Å². The van der Waals surface area contributed by atoms with Crippen molar-refractivity contribution in [1.82, 2.24) is 10.3 Å². The van der Waals surface area contributed by atoms with Crippen LogP contribution in [0.25, 0.3) is 0 Å². The summed E-state index contributed by atoms with van der Waals surface area (Å²) in [6, 6.07) is 10.4. The summed E-state index contributed by atoms with van der Waals surface area (Å²) in [5, 5.41) is 6.32. The molecule has 1 heterocycles. The maximum atomic E-state index is 12.3. The van der Waals surface area contributed by atoms with Crippen LogP contribution in [0, 0.1) is 6.92 Å². The molecule has 11 heteroatoms. The molecule has 10 nitrogen and oxygen atoms in total. The second-order valence-corrected chi connectivity index (χ2v) is 8.19. The number of amides is 3. The fraction of sp³-hybridized carbons (Fsp3) is 0.304. The molecule has 1 saturated heterocycles. The van der Waals surface area contributed by atoms with Crippen molar-refractivity contribution < 1.29 is 28.6 Å². The second-order valence-electron chi connectivity index (χ2n) is 7.34. The van der Waals surface area contributed by atoms with Crippen LogP contribution in [0.1, 0.15) is 11.1 Å². The summed E-state index contributed by atoms with van der Waals surface area (Å²) in [5.41, 5.74) is 4.29. The number of rotatable bonds is 7. The molecule has 2 aromatic carbocycles. The molecule has 1 fully saturated rings. The van der Waals surface area contributed by atoms with E-state index >= 15 is 0 Å². The molecule has 3 rings (SSSR count). The number of hydrazone groups is 1. The van der Waals surface area contributed by atoms with E-state index in [1.54, 1.807) is 29.2 Å². The van der Waals surface area contributed by atoms with Gasteiger partial charge >= 0.3 is 11.8 Å². The normalized spacial score (nSPS) is 13.4. The molecule has 3 amide bonds. The van der Waals surface area contributed by atoms with Gasteiger partial charge < -0.3 is 24.4 Å². The predicted octanol–water partition coefficient (Wildman–Crippen LogP) is 2.09. The maximum absolute atomic E-state index is 12.3. The van der Waals surface area contributed by atoms with Crippen LogP contribution in [0.15, 0.2) is 46.0 Å². The van der Waals surface area contributed by atoms with Gasteiger partial charge in [0, 0.05) is 18.8 Å². The molecule has 0 saturated carbocycles. The highest BCUT2D eigenvalue weighted by Gasteiger charge is 2.19. The van der Waals surface area contributed by atoms with Gasteiger partial charge in [-0.05, 0) is 52.7 Å². The Morgan fingerprint density at radius 2 is 1.85 bits per heavy atom. The topological polar surface area (TPSA) is 119 Å². The molecule has 2 N–H and O–H groups in total. The minimum absolute atomic E-state index is 0.144. The molecule has 0 radical (unpaired) electrons. The molecule has 0 spiro atoms. The van der Waals surface area contributed by atoms with Crippen LogP contribution < -0.4 is 20.2 Å². The largest absolute Gasteiger partial charge is 0.493 e. The number of nitrogens with zero attached hydrogens (tertiary/aromatic N) is 2. The van der Waals surface area contributed by atoms with Crippen LogP contribution in [0.3, 0.4) is 0 Å². The summed E-state index contributed by atoms with van der Waals surface area (Å²) < 4.78 is 16.9. The number of ether oxygens (including phenoxy) is 3. The molecule has 180 valence electrons. The average Bonchev–Trinajstić information content (AvgIpc) is 2.84. The van der Waals surface area contributed by atoms with Crippen molar-refractivity contribution in [2.75, 3.05) is 45.3 Å². The van der Waals surface area contributed by atoms with Crippen LogP contribution >= 0.6 is 15.9 Å². The molecule has 0 atom stereocenters. The van der Waals surface area contributed by atoms with Crippen LogP contribution in [0.4, 0.5) is 5.69 Å². The predicted molar refractivity (Wildman–Crippen MR) is 129 cm³/mol. The van der Waals surface area contributed by atoms with E-state index < -0.39 is 11.8 Å². The van der Waals surface area contributed by atoms with Gasteiger partial charge in [-0.15, -0.1) is 0 Å². The quantitative estimate of drug-likeness (QED) is 0.320. The van der Waals surface area contributed by atoms with Crippen LogP contribution in [0.5, 0.6) is 11.5 Å². The number of hydrogen-bond donors (Lipinski definition) is 2. The first-order valence-corrected chi connectivity index (χ1v) is 11.2. The third-order valence-electron chi connectivity index (χ3n) is 4.85. The van der Waals surface area contributed by atoms with Crippen molar-refractivity contribution in [2.45, 2.75) is 6.92 Å². The first-order valence-electron chi connectivity index (χ1n) is 10.4. The van der Waals surface area contributed by atoms with E-state index in [9.17, 15) is 14.4 Å². The highest BCUT2D eigenvalue weighted by atomic mass is 79.9. The van der Waals surface area contributed by atoms with E-state index in [-0.39, 0.29) is 12.5 Å². The first kappa shape index (κ1) is 25.2. The average molecular weight is 533 g/mol. The number of benzene rings is 2. The lowest BCUT2D eigenvalue weighted by Crippen LogP contribution is -2.43. The van der Waals surface area contributed by atoms with Crippen molar-refractivity contribution in [1.29, 1.82) is 0 Å². The fourth-order valence-electron chi connectivity index (χ4n) is 3.03. The summed E-state index contributed by atoms with van der Waals surface area (Å²) in [7, 11) is 1.47. The monoisotopic (exact) mass is 532 g/mol. The standard InChI is InChI=1S/C23H25BrN4O6/c1-15-3-5-17(6-4-15)26-22(30)23(31)27-25-13-16-11-18(24)21(19(12-16)32-2)34-14-20(29)28-7-9-33-10-8-28/h3-6,11-13H,7-10,14H2,1-2H3,(H,26,30)(H,27,31)/b25-13-. The van der Waals surface area contributed by atoms with Crippen LogP contribution in [0.2, 0.25) is 0 Å². The van der Waals surface area contributed by atoms with E-state index in [2.05, 4.69) is 31.8 Å². The highest BCUT2D eigenvalue weighted by Crippen LogP contribution is 2.36. The number of nitrogens with one attached hydrogen (secondary N) is 2. The third kappa shape index (κ3) is 7.03. The lowest BCUT2D eigenvalue weighted by atomic mass is 10.2. The Bertz CT molecular complexity index is 1070. The summed E-state index contributed by atoms with van der Waals surface area (Å²) in [6.07, 6.45) is 1.35. The van der Waals surface area contributed by atoms with E-state index in [0.29, 0.717) is 53.5 Å². The fourth-order valence-corrected chi connectivity index (χ4v) is 3.61. The minimum Gasteiger partial charge on any atom is -0.493 e. The van der Waals surface area contributed by atoms with Gasteiger partial charge in [0.2, 0.25) is 0 Å². The van der Waals surface area contributed by atoms with Gasteiger partial charge in [-0.1, -0.05) is 17.7 Å². The third-order valence-corrected chi connectivity index (χ3v) is 5.44. The molecule has 34 heavy (non-hydrogen) atoms. The molecule has 1 aliphatic heterocycles. The Kier molecular flexibility index (Phi) is 9.00. The molecule has 0 aromatic heterocycles. The number of methoxy groups -OCH3 is 1. The summed E-state index contributed by atoms with van der Waals surface area (Å²) in [5.74, 6) is -1.16. The number of halogens is 1. The van der Waals surface area contributed by atoms with Crippen molar-refractivity contribution >= 4 is 45.6 Å². The smallest absolute Gasteiger partial charge is 0.329 e. The number of carbonyl (C=O) groups is 3. The Morgan fingerprint density at radius 1 is 1.15 bits per heavy atom. The lowest BCUT2D eigenvalue weighted by molar-refractivity contribution is -0.137. The zero-order valence-electron chi connectivity index (χ0n) is 18.8. The first-order chi connectivity index (χ1) is 16.4. The zero-order chi connectivity index (χ0) is 24.5. The number of carbonyl (C=O) groups excluding carboxylic acids is 3.